The number of rotatable bonds is 6. The van der Waals surface area contributed by atoms with Gasteiger partial charge in [-0.25, -0.2) is 4.99 Å². The van der Waals surface area contributed by atoms with Gasteiger partial charge in [-0.15, -0.1) is 24.0 Å². The normalized spacial score (nSPS) is 11.7. The van der Waals surface area contributed by atoms with E-state index in [1.807, 2.05) is 30.0 Å². The molecule has 0 aliphatic heterocycles. The lowest BCUT2D eigenvalue weighted by molar-refractivity contribution is 0.665. The van der Waals surface area contributed by atoms with Crippen LogP contribution < -0.4 is 10.6 Å². The summed E-state index contributed by atoms with van der Waals surface area (Å²) in [4.78, 5) is 4.61. The van der Waals surface area contributed by atoms with Crippen molar-refractivity contribution in [2.24, 2.45) is 4.99 Å². The molecule has 0 saturated carbocycles. The minimum atomic E-state index is 0. The van der Waals surface area contributed by atoms with Crippen molar-refractivity contribution in [3.8, 4) is 0 Å². The highest BCUT2D eigenvalue weighted by molar-refractivity contribution is 14.0. The molecule has 0 bridgehead atoms. The molecule has 20 heavy (non-hydrogen) atoms. The maximum atomic E-state index is 4.61. The monoisotopic (exact) mass is 407 g/mol. The summed E-state index contributed by atoms with van der Waals surface area (Å²) >= 11 is 1.86. The number of hydrogen-bond donors (Lipinski definition) is 2. The van der Waals surface area contributed by atoms with Crippen LogP contribution in [0, 0.1) is 0 Å². The van der Waals surface area contributed by atoms with Crippen LogP contribution in [-0.4, -0.2) is 30.1 Å². The highest BCUT2D eigenvalue weighted by Gasteiger charge is 2.15. The fraction of sp³-hybridized carbons (Fsp3) is 0.533. The molecule has 1 aromatic carbocycles. The third-order valence-corrected chi connectivity index (χ3v) is 4.09. The van der Waals surface area contributed by atoms with Crippen molar-refractivity contribution in [2.75, 3.05) is 19.3 Å². The predicted octanol–water partition coefficient (Wildman–Crippen LogP) is 3.50. The third kappa shape index (κ3) is 7.99. The zero-order chi connectivity index (χ0) is 14.1. The molecule has 5 heteroatoms. The minimum Gasteiger partial charge on any atom is -0.357 e. The second-order valence-corrected chi connectivity index (χ2v) is 6.51. The van der Waals surface area contributed by atoms with Crippen molar-refractivity contribution in [3.05, 3.63) is 35.9 Å². The molecule has 1 rings (SSSR count). The van der Waals surface area contributed by atoms with Gasteiger partial charge in [0.15, 0.2) is 5.96 Å². The molecule has 0 amide bonds. The van der Waals surface area contributed by atoms with Crippen molar-refractivity contribution in [3.63, 3.8) is 0 Å². The minimum absolute atomic E-state index is 0. The second kappa shape index (κ2) is 10.3. The van der Waals surface area contributed by atoms with Crippen LogP contribution in [0.25, 0.3) is 0 Å². The Morgan fingerprint density at radius 3 is 2.40 bits per heavy atom. The van der Waals surface area contributed by atoms with Crippen LogP contribution >= 0.6 is 35.7 Å². The third-order valence-electron chi connectivity index (χ3n) is 2.84. The summed E-state index contributed by atoms with van der Waals surface area (Å²) < 4.78 is 0.211. The number of benzene rings is 1. The van der Waals surface area contributed by atoms with E-state index >= 15 is 0 Å². The maximum Gasteiger partial charge on any atom is 0.191 e. The van der Waals surface area contributed by atoms with Gasteiger partial charge in [-0.05, 0) is 32.6 Å². The molecule has 0 radical (unpaired) electrons. The molecule has 0 atom stereocenters. The van der Waals surface area contributed by atoms with Crippen LogP contribution in [-0.2, 0) is 6.54 Å². The van der Waals surface area contributed by atoms with Gasteiger partial charge < -0.3 is 10.6 Å². The average Bonchev–Trinajstić information content (AvgIpc) is 2.43. The van der Waals surface area contributed by atoms with Crippen LogP contribution in [0.15, 0.2) is 35.3 Å². The molecule has 0 aromatic heterocycles. The summed E-state index contributed by atoms with van der Waals surface area (Å²) in [6, 6.07) is 10.3. The van der Waals surface area contributed by atoms with Crippen molar-refractivity contribution in [1.29, 1.82) is 0 Å². The van der Waals surface area contributed by atoms with Gasteiger partial charge in [-0.1, -0.05) is 30.3 Å². The topological polar surface area (TPSA) is 36.4 Å². The fourth-order valence-electron chi connectivity index (χ4n) is 1.46. The lowest BCUT2D eigenvalue weighted by Gasteiger charge is -2.23. The summed E-state index contributed by atoms with van der Waals surface area (Å²) in [5, 5.41) is 6.68. The zero-order valence-electron chi connectivity index (χ0n) is 12.8. The van der Waals surface area contributed by atoms with E-state index in [-0.39, 0.29) is 28.7 Å². The number of nitrogens with zero attached hydrogens (tertiary/aromatic N) is 1. The largest absolute Gasteiger partial charge is 0.357 e. The molecule has 0 saturated heterocycles. The first-order chi connectivity index (χ1) is 9.07. The summed E-state index contributed by atoms with van der Waals surface area (Å²) in [6.07, 6.45) is 2.13. The van der Waals surface area contributed by atoms with E-state index in [2.05, 4.69) is 54.8 Å². The van der Waals surface area contributed by atoms with E-state index in [9.17, 15) is 0 Å². The molecule has 0 aliphatic carbocycles. The average molecular weight is 407 g/mol. The first-order valence-electron chi connectivity index (χ1n) is 6.68. The number of guanidine groups is 1. The Kier molecular flexibility index (Phi) is 10.1. The van der Waals surface area contributed by atoms with Crippen LogP contribution in [0.4, 0.5) is 0 Å². The zero-order valence-corrected chi connectivity index (χ0v) is 15.9. The van der Waals surface area contributed by atoms with Crippen LogP contribution in [0.1, 0.15) is 26.3 Å². The first kappa shape index (κ1) is 19.6. The van der Waals surface area contributed by atoms with Crippen LogP contribution in [0.2, 0.25) is 0 Å². The molecule has 114 valence electrons. The van der Waals surface area contributed by atoms with Crippen LogP contribution in [0.3, 0.4) is 0 Å². The Labute approximate surface area is 144 Å². The fourth-order valence-corrected chi connectivity index (χ4v) is 1.68. The number of thioether (sulfide) groups is 1. The summed E-state index contributed by atoms with van der Waals surface area (Å²) in [7, 11) is 0. The van der Waals surface area contributed by atoms with Crippen molar-refractivity contribution in [2.45, 2.75) is 32.1 Å². The van der Waals surface area contributed by atoms with Gasteiger partial charge in [0.05, 0.1) is 6.54 Å². The smallest absolute Gasteiger partial charge is 0.191 e. The van der Waals surface area contributed by atoms with Crippen molar-refractivity contribution in [1.82, 2.24) is 10.6 Å². The van der Waals surface area contributed by atoms with E-state index < -0.39 is 0 Å². The lowest BCUT2D eigenvalue weighted by atomic mass is 10.2. The molecule has 0 unspecified atom stereocenters. The highest BCUT2D eigenvalue weighted by Crippen LogP contribution is 2.19. The van der Waals surface area contributed by atoms with Gasteiger partial charge in [0.25, 0.3) is 0 Å². The number of halogens is 1. The van der Waals surface area contributed by atoms with Gasteiger partial charge in [0.1, 0.15) is 0 Å². The molecule has 3 nitrogen and oxygen atoms in total. The predicted molar refractivity (Wildman–Crippen MR) is 102 cm³/mol. The van der Waals surface area contributed by atoms with Crippen LogP contribution in [0.5, 0.6) is 0 Å². The molecule has 0 fully saturated rings. The Morgan fingerprint density at radius 2 is 1.85 bits per heavy atom. The van der Waals surface area contributed by atoms with Gasteiger partial charge >= 0.3 is 0 Å². The van der Waals surface area contributed by atoms with Gasteiger partial charge in [0, 0.05) is 17.8 Å². The molecular formula is C15H26IN3S. The molecule has 1 aromatic rings. The second-order valence-electron chi connectivity index (χ2n) is 5.00. The van der Waals surface area contributed by atoms with Crippen molar-refractivity contribution < 1.29 is 0 Å². The van der Waals surface area contributed by atoms with E-state index in [1.54, 1.807) is 0 Å². The van der Waals surface area contributed by atoms with Gasteiger partial charge in [-0.2, -0.15) is 11.8 Å². The molecule has 2 N–H and O–H groups in total. The lowest BCUT2D eigenvalue weighted by Crippen LogP contribution is -2.43. The number of hydrogen-bond acceptors (Lipinski definition) is 2. The Balaban J connectivity index is 0.00000361. The first-order valence-corrected chi connectivity index (χ1v) is 7.91. The van der Waals surface area contributed by atoms with Crippen molar-refractivity contribution >= 4 is 41.7 Å². The molecule has 0 aliphatic rings. The van der Waals surface area contributed by atoms with Gasteiger partial charge in [-0.3, -0.25) is 0 Å². The van der Waals surface area contributed by atoms with Gasteiger partial charge in [0.2, 0.25) is 0 Å². The molecule has 0 spiro atoms. The Morgan fingerprint density at radius 1 is 1.20 bits per heavy atom. The quantitative estimate of drug-likeness (QED) is 0.431. The number of aliphatic imine (C=N–C) groups is 1. The van der Waals surface area contributed by atoms with E-state index in [4.69, 9.17) is 0 Å². The van der Waals surface area contributed by atoms with E-state index in [0.29, 0.717) is 6.54 Å². The van der Waals surface area contributed by atoms with E-state index in [1.165, 1.54) is 5.56 Å². The number of nitrogens with one attached hydrogen (secondary N) is 2. The summed E-state index contributed by atoms with van der Waals surface area (Å²) in [6.45, 7) is 9.02. The highest BCUT2D eigenvalue weighted by atomic mass is 127. The summed E-state index contributed by atoms with van der Waals surface area (Å²) in [5.41, 5.74) is 1.23. The molecule has 0 heterocycles. The summed E-state index contributed by atoms with van der Waals surface area (Å²) in [5.74, 6) is 0.883. The Hall–Kier alpha value is -0.430. The standard InChI is InChI=1S/C15H25N3S.HI/c1-5-16-14(18-12-15(2,3)19-4)17-11-13-9-7-6-8-10-13;/h6-10H,5,11-12H2,1-4H3,(H2,16,17,18);1H. The molecular weight excluding hydrogens is 381 g/mol. The maximum absolute atomic E-state index is 4.61. The van der Waals surface area contributed by atoms with E-state index in [0.717, 1.165) is 19.0 Å². The Bertz CT molecular complexity index is 393. The SMILES string of the molecule is CCNC(=NCc1ccccc1)NCC(C)(C)SC.I.